The number of aromatic nitrogens is 1. The molecule has 2 fully saturated rings. The summed E-state index contributed by atoms with van der Waals surface area (Å²) in [6, 6.07) is 0.355. The highest BCUT2D eigenvalue weighted by molar-refractivity contribution is 7.89. The molecule has 0 bridgehead atoms. The normalized spacial score (nSPS) is 27.7. The molecule has 112 valence electrons. The molecular weight excluding hydrogens is 278 g/mol. The molecule has 3 heterocycles. The highest BCUT2D eigenvalue weighted by Gasteiger charge is 2.38. The number of rotatable bonds is 3. The Morgan fingerprint density at radius 2 is 2.05 bits per heavy atom. The zero-order valence-corrected chi connectivity index (χ0v) is 12.7. The fourth-order valence-electron chi connectivity index (χ4n) is 3.50. The van der Waals surface area contributed by atoms with Gasteiger partial charge in [0.25, 0.3) is 0 Å². The first kappa shape index (κ1) is 14.0. The van der Waals surface area contributed by atoms with E-state index in [1.807, 2.05) is 0 Å². The number of hydrogen-bond donors (Lipinski definition) is 1. The summed E-state index contributed by atoms with van der Waals surface area (Å²) in [5.41, 5.74) is 0.425. The minimum absolute atomic E-state index is 0.00833. The SMILES string of the molecule is Cc1noc(C)c1S(=O)(=O)N[C@H]1CCN2CCCC[C@H]12. The maximum Gasteiger partial charge on any atom is 0.246 e. The zero-order chi connectivity index (χ0) is 14.3. The highest BCUT2D eigenvalue weighted by Crippen LogP contribution is 2.29. The molecule has 1 N–H and O–H groups in total. The van der Waals surface area contributed by atoms with Crippen LogP contribution in [0.15, 0.2) is 9.42 Å². The van der Waals surface area contributed by atoms with E-state index in [0.29, 0.717) is 17.5 Å². The second kappa shape index (κ2) is 5.13. The van der Waals surface area contributed by atoms with Crippen molar-refractivity contribution in [1.29, 1.82) is 0 Å². The average molecular weight is 299 g/mol. The summed E-state index contributed by atoms with van der Waals surface area (Å²) in [5, 5.41) is 3.73. The number of nitrogens with one attached hydrogen (secondary N) is 1. The smallest absolute Gasteiger partial charge is 0.246 e. The van der Waals surface area contributed by atoms with Crippen LogP contribution in [0.1, 0.15) is 37.1 Å². The molecule has 2 saturated heterocycles. The lowest BCUT2D eigenvalue weighted by Crippen LogP contribution is -2.46. The molecule has 0 aliphatic carbocycles. The van der Waals surface area contributed by atoms with Crippen LogP contribution in [-0.4, -0.2) is 43.6 Å². The lowest BCUT2D eigenvalue weighted by molar-refractivity contribution is 0.186. The van der Waals surface area contributed by atoms with Gasteiger partial charge in [-0.15, -0.1) is 0 Å². The molecule has 2 aliphatic heterocycles. The Kier molecular flexibility index (Phi) is 3.60. The van der Waals surface area contributed by atoms with E-state index in [-0.39, 0.29) is 10.9 Å². The lowest BCUT2D eigenvalue weighted by Gasteiger charge is -2.32. The quantitative estimate of drug-likeness (QED) is 0.907. The molecule has 1 aromatic heterocycles. The van der Waals surface area contributed by atoms with E-state index < -0.39 is 10.0 Å². The van der Waals surface area contributed by atoms with Crippen molar-refractivity contribution in [3.63, 3.8) is 0 Å². The van der Waals surface area contributed by atoms with Crippen LogP contribution < -0.4 is 4.72 Å². The molecular formula is C13H21N3O3S. The van der Waals surface area contributed by atoms with Gasteiger partial charge in [0.1, 0.15) is 10.6 Å². The Morgan fingerprint density at radius 3 is 2.75 bits per heavy atom. The van der Waals surface area contributed by atoms with E-state index in [4.69, 9.17) is 4.52 Å². The van der Waals surface area contributed by atoms with Crippen LogP contribution in [0.3, 0.4) is 0 Å². The van der Waals surface area contributed by atoms with E-state index >= 15 is 0 Å². The van der Waals surface area contributed by atoms with Crippen LogP contribution in [0.2, 0.25) is 0 Å². The van der Waals surface area contributed by atoms with Gasteiger partial charge in [0.15, 0.2) is 5.76 Å². The van der Waals surface area contributed by atoms with Crippen molar-refractivity contribution in [2.45, 2.75) is 56.5 Å². The van der Waals surface area contributed by atoms with Crippen LogP contribution in [-0.2, 0) is 10.0 Å². The third-order valence-corrected chi connectivity index (χ3v) is 6.13. The lowest BCUT2D eigenvalue weighted by atomic mass is 10.00. The molecule has 1 aromatic rings. The van der Waals surface area contributed by atoms with Crippen molar-refractivity contribution in [3.8, 4) is 0 Å². The molecule has 0 saturated carbocycles. The van der Waals surface area contributed by atoms with E-state index in [2.05, 4.69) is 14.8 Å². The number of aryl methyl sites for hydroxylation is 2. The maximum atomic E-state index is 12.5. The van der Waals surface area contributed by atoms with Crippen molar-refractivity contribution in [1.82, 2.24) is 14.8 Å². The number of piperidine rings is 1. The summed E-state index contributed by atoms with van der Waals surface area (Å²) >= 11 is 0. The second-order valence-corrected chi connectivity index (χ2v) is 7.42. The number of hydrogen-bond acceptors (Lipinski definition) is 5. The standard InChI is InChI=1S/C13H21N3O3S/c1-9-13(10(2)19-14-9)20(17,18)15-11-6-8-16-7-4-3-5-12(11)16/h11-12,15H,3-8H2,1-2H3/t11-,12+/m0/s1. The van der Waals surface area contributed by atoms with Crippen LogP contribution in [0.25, 0.3) is 0 Å². The molecule has 7 heteroatoms. The van der Waals surface area contributed by atoms with Crippen LogP contribution in [0.4, 0.5) is 0 Å². The molecule has 2 aliphatic rings. The average Bonchev–Trinajstić information content (AvgIpc) is 2.94. The van der Waals surface area contributed by atoms with Crippen LogP contribution in [0, 0.1) is 13.8 Å². The topological polar surface area (TPSA) is 75.4 Å². The van der Waals surface area contributed by atoms with Crippen molar-refractivity contribution in [2.75, 3.05) is 13.1 Å². The molecule has 0 amide bonds. The first-order valence-corrected chi connectivity index (χ1v) is 8.66. The number of nitrogens with zero attached hydrogens (tertiary/aromatic N) is 2. The summed E-state index contributed by atoms with van der Waals surface area (Å²) < 4.78 is 32.9. The van der Waals surface area contributed by atoms with Crippen LogP contribution >= 0.6 is 0 Å². The van der Waals surface area contributed by atoms with Gasteiger partial charge in [0.05, 0.1) is 0 Å². The number of fused-ring (bicyclic) bond motifs is 1. The summed E-state index contributed by atoms with van der Waals surface area (Å²) in [6.07, 6.45) is 4.37. The molecule has 2 atom stereocenters. The monoisotopic (exact) mass is 299 g/mol. The van der Waals surface area contributed by atoms with Gasteiger partial charge in [-0.3, -0.25) is 4.90 Å². The molecule has 0 aromatic carbocycles. The predicted molar refractivity (Wildman–Crippen MR) is 73.9 cm³/mol. The summed E-state index contributed by atoms with van der Waals surface area (Å²) in [5.74, 6) is 0.355. The largest absolute Gasteiger partial charge is 0.360 e. The summed E-state index contributed by atoms with van der Waals surface area (Å²) in [6.45, 7) is 5.37. The first-order chi connectivity index (χ1) is 9.49. The Labute approximate surface area is 119 Å². The Hall–Kier alpha value is -0.920. The van der Waals surface area contributed by atoms with Gasteiger partial charge in [-0.1, -0.05) is 11.6 Å². The van der Waals surface area contributed by atoms with E-state index in [1.165, 1.54) is 12.8 Å². The summed E-state index contributed by atoms with van der Waals surface area (Å²) in [7, 11) is -3.55. The van der Waals surface area contributed by atoms with Gasteiger partial charge < -0.3 is 4.52 Å². The van der Waals surface area contributed by atoms with Crippen molar-refractivity contribution in [2.24, 2.45) is 0 Å². The summed E-state index contributed by atoms with van der Waals surface area (Å²) in [4.78, 5) is 2.61. The molecule has 3 rings (SSSR count). The second-order valence-electron chi connectivity index (χ2n) is 5.77. The molecule has 20 heavy (non-hydrogen) atoms. The zero-order valence-electron chi connectivity index (χ0n) is 11.9. The first-order valence-electron chi connectivity index (χ1n) is 7.18. The van der Waals surface area contributed by atoms with Crippen LogP contribution in [0.5, 0.6) is 0 Å². The fourth-order valence-corrected chi connectivity index (χ4v) is 5.13. The van der Waals surface area contributed by atoms with Crippen molar-refractivity contribution in [3.05, 3.63) is 11.5 Å². The third kappa shape index (κ3) is 2.38. The van der Waals surface area contributed by atoms with Gasteiger partial charge in [0, 0.05) is 18.6 Å². The van der Waals surface area contributed by atoms with Gasteiger partial charge in [-0.2, -0.15) is 0 Å². The Balaban J connectivity index is 1.80. The molecule has 0 radical (unpaired) electrons. The fraction of sp³-hybridized carbons (Fsp3) is 0.769. The Morgan fingerprint density at radius 1 is 1.25 bits per heavy atom. The van der Waals surface area contributed by atoms with Crippen molar-refractivity contribution < 1.29 is 12.9 Å². The Bertz CT molecular complexity index is 577. The van der Waals surface area contributed by atoms with Gasteiger partial charge in [0.2, 0.25) is 10.0 Å². The molecule has 0 unspecified atom stereocenters. The van der Waals surface area contributed by atoms with E-state index in [9.17, 15) is 8.42 Å². The van der Waals surface area contributed by atoms with Gasteiger partial charge in [-0.25, -0.2) is 13.1 Å². The highest BCUT2D eigenvalue weighted by atomic mass is 32.2. The van der Waals surface area contributed by atoms with Gasteiger partial charge in [-0.05, 0) is 39.7 Å². The van der Waals surface area contributed by atoms with E-state index in [1.54, 1.807) is 13.8 Å². The molecule has 0 spiro atoms. The van der Waals surface area contributed by atoms with E-state index in [0.717, 1.165) is 25.9 Å². The minimum Gasteiger partial charge on any atom is -0.360 e. The minimum atomic E-state index is -3.55. The maximum absolute atomic E-state index is 12.5. The number of sulfonamides is 1. The van der Waals surface area contributed by atoms with Crippen molar-refractivity contribution >= 4 is 10.0 Å². The predicted octanol–water partition coefficient (Wildman–Crippen LogP) is 1.20. The third-order valence-electron chi connectivity index (χ3n) is 4.40. The molecule has 6 nitrogen and oxygen atoms in total. The van der Waals surface area contributed by atoms with Gasteiger partial charge >= 0.3 is 0 Å².